The summed E-state index contributed by atoms with van der Waals surface area (Å²) in [4.78, 5) is 26.6. The lowest BCUT2D eigenvalue weighted by atomic mass is 9.90. The van der Waals surface area contributed by atoms with Crippen LogP contribution in [0.3, 0.4) is 0 Å². The summed E-state index contributed by atoms with van der Waals surface area (Å²) in [6, 6.07) is 9.02. The molecule has 0 spiro atoms. The van der Waals surface area contributed by atoms with Gasteiger partial charge in [-0.2, -0.15) is 0 Å². The van der Waals surface area contributed by atoms with E-state index in [2.05, 4.69) is 12.2 Å². The Labute approximate surface area is 157 Å². The van der Waals surface area contributed by atoms with E-state index < -0.39 is 18.0 Å². The van der Waals surface area contributed by atoms with E-state index in [1.807, 2.05) is 12.1 Å². The van der Waals surface area contributed by atoms with Crippen LogP contribution in [0.4, 0.5) is 5.69 Å². The molecular weight excluding hydrogens is 350 g/mol. The van der Waals surface area contributed by atoms with E-state index in [9.17, 15) is 9.59 Å². The number of ether oxygens (including phenoxy) is 2. The quantitative estimate of drug-likeness (QED) is 0.803. The van der Waals surface area contributed by atoms with Crippen LogP contribution in [-0.4, -0.2) is 25.1 Å². The van der Waals surface area contributed by atoms with Crippen molar-refractivity contribution in [2.45, 2.75) is 39.2 Å². The third-order valence-corrected chi connectivity index (χ3v) is 5.77. The Bertz CT molecular complexity index is 814. The maximum Gasteiger partial charge on any atom is 0.349 e. The number of hydrogen-bond acceptors (Lipinski definition) is 5. The SMILES string of the molecule is COc1ccccc1NC(=O)[C@@H](C)OC(=O)c1cc2c(s1)CC[C@@H](C)C2. The molecule has 1 N–H and O–H groups in total. The van der Waals surface area contributed by atoms with Crippen LogP contribution in [0.15, 0.2) is 30.3 Å². The molecule has 0 bridgehead atoms. The van der Waals surface area contributed by atoms with Gasteiger partial charge < -0.3 is 14.8 Å². The highest BCUT2D eigenvalue weighted by molar-refractivity contribution is 7.14. The maximum atomic E-state index is 12.4. The van der Waals surface area contributed by atoms with Gasteiger partial charge in [0, 0.05) is 4.88 Å². The number of fused-ring (bicyclic) bond motifs is 1. The normalized spacial score (nSPS) is 17.1. The second-order valence-corrected chi connectivity index (χ2v) is 7.78. The van der Waals surface area contributed by atoms with Crippen LogP contribution < -0.4 is 10.1 Å². The van der Waals surface area contributed by atoms with Crippen molar-refractivity contribution in [3.63, 3.8) is 0 Å². The molecule has 3 rings (SSSR count). The fraction of sp³-hybridized carbons (Fsp3) is 0.400. The lowest BCUT2D eigenvalue weighted by Crippen LogP contribution is -2.29. The summed E-state index contributed by atoms with van der Waals surface area (Å²) < 4.78 is 10.6. The number of para-hydroxylation sites is 2. The van der Waals surface area contributed by atoms with Gasteiger partial charge in [0.15, 0.2) is 6.10 Å². The van der Waals surface area contributed by atoms with Gasteiger partial charge in [-0.25, -0.2) is 4.79 Å². The summed E-state index contributed by atoms with van der Waals surface area (Å²) in [6.45, 7) is 3.79. The first-order valence-electron chi connectivity index (χ1n) is 8.74. The third-order valence-electron chi connectivity index (χ3n) is 4.55. The molecule has 1 aromatic heterocycles. The number of esters is 1. The topological polar surface area (TPSA) is 64.6 Å². The van der Waals surface area contributed by atoms with Gasteiger partial charge in [0.2, 0.25) is 0 Å². The smallest absolute Gasteiger partial charge is 0.349 e. The second kappa shape index (κ2) is 7.91. The van der Waals surface area contributed by atoms with Crippen LogP contribution in [0.25, 0.3) is 0 Å². The minimum absolute atomic E-state index is 0.391. The molecule has 0 aliphatic heterocycles. The van der Waals surface area contributed by atoms with Crippen LogP contribution in [0.5, 0.6) is 5.75 Å². The van der Waals surface area contributed by atoms with Crippen molar-refractivity contribution in [3.8, 4) is 5.75 Å². The predicted molar refractivity (Wildman–Crippen MR) is 102 cm³/mol. The molecule has 0 radical (unpaired) electrons. The number of thiophene rings is 1. The second-order valence-electron chi connectivity index (χ2n) is 6.64. The zero-order valence-electron chi connectivity index (χ0n) is 15.2. The van der Waals surface area contributed by atoms with Crippen LogP contribution in [-0.2, 0) is 22.4 Å². The van der Waals surface area contributed by atoms with E-state index in [0.29, 0.717) is 22.2 Å². The first-order chi connectivity index (χ1) is 12.5. The van der Waals surface area contributed by atoms with Crippen molar-refractivity contribution in [1.82, 2.24) is 0 Å². The van der Waals surface area contributed by atoms with Gasteiger partial charge in [-0.05, 0) is 55.9 Å². The third kappa shape index (κ3) is 4.07. The molecule has 1 amide bonds. The molecule has 1 heterocycles. The van der Waals surface area contributed by atoms with Crippen molar-refractivity contribution in [2.24, 2.45) is 5.92 Å². The fourth-order valence-electron chi connectivity index (χ4n) is 3.06. The van der Waals surface area contributed by atoms with Gasteiger partial charge in [0.25, 0.3) is 5.91 Å². The molecule has 0 unspecified atom stereocenters. The van der Waals surface area contributed by atoms with Crippen molar-refractivity contribution in [3.05, 3.63) is 45.6 Å². The van der Waals surface area contributed by atoms with E-state index >= 15 is 0 Å². The van der Waals surface area contributed by atoms with Crippen LogP contribution in [0.1, 0.15) is 40.4 Å². The molecule has 138 valence electrons. The number of benzene rings is 1. The van der Waals surface area contributed by atoms with Gasteiger partial charge in [0.1, 0.15) is 10.6 Å². The molecule has 0 saturated heterocycles. The molecule has 1 aromatic carbocycles. The largest absolute Gasteiger partial charge is 0.495 e. The fourth-order valence-corrected chi connectivity index (χ4v) is 4.15. The number of methoxy groups -OCH3 is 1. The first kappa shape index (κ1) is 18.5. The van der Waals surface area contributed by atoms with Gasteiger partial charge in [-0.3, -0.25) is 4.79 Å². The average molecular weight is 373 g/mol. The first-order valence-corrected chi connectivity index (χ1v) is 9.56. The highest BCUT2D eigenvalue weighted by atomic mass is 32.1. The molecule has 1 aliphatic carbocycles. The van der Waals surface area contributed by atoms with Crippen molar-refractivity contribution >= 4 is 28.9 Å². The lowest BCUT2D eigenvalue weighted by molar-refractivity contribution is -0.123. The van der Waals surface area contributed by atoms with Gasteiger partial charge >= 0.3 is 5.97 Å². The van der Waals surface area contributed by atoms with Gasteiger partial charge in [-0.15, -0.1) is 11.3 Å². The Morgan fingerprint density at radius 1 is 1.31 bits per heavy atom. The Morgan fingerprint density at radius 3 is 2.85 bits per heavy atom. The number of carbonyl (C=O) groups excluding carboxylic acids is 2. The van der Waals surface area contributed by atoms with E-state index in [0.717, 1.165) is 19.3 Å². The number of hydrogen-bond donors (Lipinski definition) is 1. The summed E-state index contributed by atoms with van der Waals surface area (Å²) in [6.07, 6.45) is 2.27. The molecule has 0 fully saturated rings. The summed E-state index contributed by atoms with van der Waals surface area (Å²) in [5, 5.41) is 2.74. The van der Waals surface area contributed by atoms with E-state index in [1.54, 1.807) is 25.1 Å². The molecule has 0 saturated carbocycles. The Morgan fingerprint density at radius 2 is 2.08 bits per heavy atom. The van der Waals surface area contributed by atoms with E-state index in [1.165, 1.54) is 28.9 Å². The van der Waals surface area contributed by atoms with E-state index in [4.69, 9.17) is 9.47 Å². The van der Waals surface area contributed by atoms with E-state index in [-0.39, 0.29) is 0 Å². The van der Waals surface area contributed by atoms with Gasteiger partial charge in [0.05, 0.1) is 12.8 Å². The monoisotopic (exact) mass is 373 g/mol. The Hall–Kier alpha value is -2.34. The number of rotatable bonds is 5. The predicted octanol–water partition coefficient (Wildman–Crippen LogP) is 4.07. The summed E-state index contributed by atoms with van der Waals surface area (Å²) >= 11 is 1.48. The molecular formula is C20H23NO4S. The number of nitrogens with one attached hydrogen (secondary N) is 1. The molecule has 2 atom stereocenters. The zero-order chi connectivity index (χ0) is 18.7. The Kier molecular flexibility index (Phi) is 5.61. The molecule has 26 heavy (non-hydrogen) atoms. The number of amides is 1. The van der Waals surface area contributed by atoms with Crippen molar-refractivity contribution < 1.29 is 19.1 Å². The molecule has 5 nitrogen and oxygen atoms in total. The molecule has 1 aliphatic rings. The van der Waals surface area contributed by atoms with Crippen LogP contribution >= 0.6 is 11.3 Å². The minimum atomic E-state index is -0.898. The van der Waals surface area contributed by atoms with Gasteiger partial charge in [-0.1, -0.05) is 19.1 Å². The zero-order valence-corrected chi connectivity index (χ0v) is 16.0. The summed E-state index contributed by atoms with van der Waals surface area (Å²) in [5.74, 6) is 0.364. The molecule has 6 heteroatoms. The standard InChI is InChI=1S/C20H23NO4S/c1-12-8-9-17-14(10-12)11-18(26-17)20(23)25-13(2)19(22)21-15-6-4-5-7-16(15)24-3/h4-7,11-13H,8-10H2,1-3H3,(H,21,22)/t12-,13-/m1/s1. The van der Waals surface area contributed by atoms with Crippen molar-refractivity contribution in [1.29, 1.82) is 0 Å². The highest BCUT2D eigenvalue weighted by Gasteiger charge is 2.24. The minimum Gasteiger partial charge on any atom is -0.495 e. The highest BCUT2D eigenvalue weighted by Crippen LogP contribution is 2.32. The summed E-state index contributed by atoms with van der Waals surface area (Å²) in [7, 11) is 1.54. The number of aryl methyl sites for hydroxylation is 1. The summed E-state index contributed by atoms with van der Waals surface area (Å²) in [5.41, 5.74) is 1.79. The van der Waals surface area contributed by atoms with Crippen LogP contribution in [0, 0.1) is 5.92 Å². The number of anilines is 1. The van der Waals surface area contributed by atoms with Crippen molar-refractivity contribution in [2.75, 3.05) is 12.4 Å². The van der Waals surface area contributed by atoms with Crippen LogP contribution in [0.2, 0.25) is 0 Å². The molecule has 2 aromatic rings. The Balaban J connectivity index is 1.63. The number of carbonyl (C=O) groups is 2. The average Bonchev–Trinajstić information content (AvgIpc) is 3.05. The maximum absolute atomic E-state index is 12.4. The lowest BCUT2D eigenvalue weighted by Gasteiger charge is -2.16.